The van der Waals surface area contributed by atoms with E-state index in [1.54, 1.807) is 0 Å². The second-order valence-corrected chi connectivity index (χ2v) is 3.96. The number of hydrogen-bond acceptors (Lipinski definition) is 4. The molecule has 0 aliphatic carbocycles. The first-order chi connectivity index (χ1) is 4.50. The first-order valence-electron chi connectivity index (χ1n) is 2.69. The minimum absolute atomic E-state index is 0.396. The molecule has 0 bridgehead atoms. The van der Waals surface area contributed by atoms with E-state index in [1.807, 2.05) is 0 Å². The van der Waals surface area contributed by atoms with Crippen LogP contribution in [0.4, 0.5) is 0 Å². The van der Waals surface area contributed by atoms with Gasteiger partial charge in [-0.3, -0.25) is 0 Å². The van der Waals surface area contributed by atoms with Gasteiger partial charge in [0.25, 0.3) is 0 Å². The van der Waals surface area contributed by atoms with Crippen LogP contribution in [0.15, 0.2) is 11.9 Å². The molecular formula is C4H9N3O2S. The van der Waals surface area contributed by atoms with E-state index in [-0.39, 0.29) is 0 Å². The Bertz CT molecular complexity index is 256. The van der Waals surface area contributed by atoms with E-state index in [2.05, 4.69) is 5.43 Å². The zero-order valence-corrected chi connectivity index (χ0v) is 6.35. The third-order valence-electron chi connectivity index (χ3n) is 1.08. The minimum Gasteiger partial charge on any atom is -0.400 e. The molecule has 0 unspecified atom stereocenters. The van der Waals surface area contributed by atoms with E-state index < -0.39 is 10.0 Å². The summed E-state index contributed by atoms with van der Waals surface area (Å²) in [5, 5.41) is 0. The average Bonchev–Trinajstić information content (AvgIpc) is 2.11. The standard InChI is InChI=1S/C4H9N3O2S/c1-10(8,9)7-3-4(5)2-6-7/h3,6H,2,5H2,1H3. The van der Waals surface area contributed by atoms with E-state index in [4.69, 9.17) is 5.73 Å². The fourth-order valence-electron chi connectivity index (χ4n) is 0.624. The zero-order chi connectivity index (χ0) is 7.78. The van der Waals surface area contributed by atoms with Gasteiger partial charge >= 0.3 is 0 Å². The molecule has 0 atom stereocenters. The SMILES string of the molecule is CS(=O)(=O)N1C=C(N)CN1. The molecule has 1 rings (SSSR count). The van der Waals surface area contributed by atoms with E-state index in [0.717, 1.165) is 10.7 Å². The smallest absolute Gasteiger partial charge is 0.245 e. The van der Waals surface area contributed by atoms with Gasteiger partial charge in [0.1, 0.15) is 0 Å². The Morgan fingerprint density at radius 2 is 2.40 bits per heavy atom. The van der Waals surface area contributed by atoms with E-state index in [9.17, 15) is 8.42 Å². The van der Waals surface area contributed by atoms with Crippen molar-refractivity contribution in [3.05, 3.63) is 11.9 Å². The minimum atomic E-state index is -3.17. The Hall–Kier alpha value is -0.750. The van der Waals surface area contributed by atoms with Crippen molar-refractivity contribution in [2.45, 2.75) is 0 Å². The molecule has 5 nitrogen and oxygen atoms in total. The molecule has 0 fully saturated rings. The van der Waals surface area contributed by atoms with Crippen LogP contribution in [0.2, 0.25) is 0 Å². The predicted molar refractivity (Wildman–Crippen MR) is 37.0 cm³/mol. The molecule has 1 aliphatic rings. The Kier molecular flexibility index (Phi) is 1.57. The first-order valence-corrected chi connectivity index (χ1v) is 4.54. The molecule has 0 saturated heterocycles. The molecule has 1 aliphatic heterocycles. The highest BCUT2D eigenvalue weighted by Gasteiger charge is 2.17. The fourth-order valence-corrected chi connectivity index (χ4v) is 1.25. The normalized spacial score (nSPS) is 19.3. The van der Waals surface area contributed by atoms with Gasteiger partial charge in [-0.15, -0.1) is 0 Å². The van der Waals surface area contributed by atoms with Crippen LogP contribution in [0.25, 0.3) is 0 Å². The van der Waals surface area contributed by atoms with Crippen molar-refractivity contribution >= 4 is 10.0 Å². The maximum absolute atomic E-state index is 10.7. The molecule has 0 aromatic carbocycles. The van der Waals surface area contributed by atoms with Gasteiger partial charge in [-0.25, -0.2) is 18.3 Å². The van der Waals surface area contributed by atoms with Gasteiger partial charge in [-0.2, -0.15) is 0 Å². The third kappa shape index (κ3) is 1.39. The molecule has 0 amide bonds. The lowest BCUT2D eigenvalue weighted by Crippen LogP contribution is -2.33. The summed E-state index contributed by atoms with van der Waals surface area (Å²) in [7, 11) is -3.17. The average molecular weight is 163 g/mol. The molecule has 10 heavy (non-hydrogen) atoms. The van der Waals surface area contributed by atoms with Crippen LogP contribution < -0.4 is 11.2 Å². The maximum atomic E-state index is 10.7. The van der Waals surface area contributed by atoms with Gasteiger partial charge in [-0.05, 0) is 0 Å². The molecule has 0 spiro atoms. The highest BCUT2D eigenvalue weighted by molar-refractivity contribution is 7.88. The topological polar surface area (TPSA) is 75.4 Å². The quantitative estimate of drug-likeness (QED) is 0.496. The lowest BCUT2D eigenvalue weighted by molar-refractivity contribution is 0.447. The van der Waals surface area contributed by atoms with E-state index in [0.29, 0.717) is 12.2 Å². The number of hydrogen-bond donors (Lipinski definition) is 2. The van der Waals surface area contributed by atoms with Crippen molar-refractivity contribution in [1.82, 2.24) is 9.84 Å². The van der Waals surface area contributed by atoms with Gasteiger partial charge in [0.15, 0.2) is 0 Å². The Morgan fingerprint density at radius 3 is 2.60 bits per heavy atom. The number of nitrogens with zero attached hydrogens (tertiary/aromatic N) is 1. The van der Waals surface area contributed by atoms with Crippen LogP contribution in [0.5, 0.6) is 0 Å². The summed E-state index contributed by atoms with van der Waals surface area (Å²) in [6.45, 7) is 0.396. The zero-order valence-electron chi connectivity index (χ0n) is 5.53. The van der Waals surface area contributed by atoms with Crippen molar-refractivity contribution in [2.75, 3.05) is 12.8 Å². The highest BCUT2D eigenvalue weighted by atomic mass is 32.2. The second kappa shape index (κ2) is 2.14. The summed E-state index contributed by atoms with van der Waals surface area (Å²) >= 11 is 0. The lowest BCUT2D eigenvalue weighted by atomic mass is 10.5. The second-order valence-electron chi connectivity index (χ2n) is 2.10. The van der Waals surface area contributed by atoms with Crippen LogP contribution in [-0.2, 0) is 10.0 Å². The molecule has 1 heterocycles. The Morgan fingerprint density at radius 1 is 1.80 bits per heavy atom. The van der Waals surface area contributed by atoms with Gasteiger partial charge in [0.05, 0.1) is 19.0 Å². The summed E-state index contributed by atoms with van der Waals surface area (Å²) in [5.41, 5.74) is 8.41. The van der Waals surface area contributed by atoms with Crippen LogP contribution >= 0.6 is 0 Å². The molecular weight excluding hydrogens is 154 g/mol. The molecule has 3 N–H and O–H groups in total. The summed E-state index contributed by atoms with van der Waals surface area (Å²) in [6.07, 6.45) is 2.46. The Labute approximate surface area is 59.5 Å². The predicted octanol–water partition coefficient (Wildman–Crippen LogP) is -1.43. The number of nitrogens with one attached hydrogen (secondary N) is 1. The molecule has 0 aromatic heterocycles. The third-order valence-corrected chi connectivity index (χ3v) is 2.03. The number of rotatable bonds is 1. The number of sulfonamides is 1. The van der Waals surface area contributed by atoms with Crippen LogP contribution in [-0.4, -0.2) is 25.6 Å². The summed E-state index contributed by atoms with van der Waals surface area (Å²) < 4.78 is 22.5. The summed E-state index contributed by atoms with van der Waals surface area (Å²) in [4.78, 5) is 0. The molecule has 0 aromatic rings. The lowest BCUT2D eigenvalue weighted by Gasteiger charge is -2.10. The molecule has 0 saturated carbocycles. The van der Waals surface area contributed by atoms with Crippen molar-refractivity contribution in [3.8, 4) is 0 Å². The molecule has 58 valence electrons. The monoisotopic (exact) mass is 163 g/mol. The number of nitrogens with two attached hydrogens (primary N) is 1. The maximum Gasteiger partial charge on any atom is 0.245 e. The van der Waals surface area contributed by atoms with Crippen LogP contribution in [0.1, 0.15) is 0 Å². The molecule has 0 radical (unpaired) electrons. The number of hydrazine groups is 1. The summed E-state index contributed by atoms with van der Waals surface area (Å²) in [6, 6.07) is 0. The van der Waals surface area contributed by atoms with E-state index >= 15 is 0 Å². The van der Waals surface area contributed by atoms with Crippen LogP contribution in [0.3, 0.4) is 0 Å². The fraction of sp³-hybridized carbons (Fsp3) is 0.500. The van der Waals surface area contributed by atoms with Gasteiger partial charge in [0, 0.05) is 5.70 Å². The highest BCUT2D eigenvalue weighted by Crippen LogP contribution is 2.02. The van der Waals surface area contributed by atoms with Crippen molar-refractivity contribution < 1.29 is 8.42 Å². The van der Waals surface area contributed by atoms with Crippen molar-refractivity contribution in [2.24, 2.45) is 5.73 Å². The Balaban J connectivity index is 2.81. The first kappa shape index (κ1) is 7.36. The van der Waals surface area contributed by atoms with Crippen molar-refractivity contribution in [3.63, 3.8) is 0 Å². The van der Waals surface area contributed by atoms with Gasteiger partial charge in [-0.1, -0.05) is 0 Å². The molecule has 6 heteroatoms. The van der Waals surface area contributed by atoms with E-state index in [1.165, 1.54) is 6.20 Å². The summed E-state index contributed by atoms with van der Waals surface area (Å²) in [5.74, 6) is 0. The van der Waals surface area contributed by atoms with Gasteiger partial charge in [0.2, 0.25) is 10.0 Å². The van der Waals surface area contributed by atoms with Gasteiger partial charge < -0.3 is 5.73 Å². The van der Waals surface area contributed by atoms with Crippen LogP contribution in [0, 0.1) is 0 Å². The largest absolute Gasteiger partial charge is 0.400 e. The van der Waals surface area contributed by atoms with Crippen molar-refractivity contribution in [1.29, 1.82) is 0 Å².